The normalized spacial score (nSPS) is 10.5. The SMILES string of the molecule is Cc1cc(F)c(C(=O)Nc2cccc(F)c2)cc1NC(=O)c1cnc(N)s1. The summed E-state index contributed by atoms with van der Waals surface area (Å²) in [7, 11) is 0. The smallest absolute Gasteiger partial charge is 0.267 e. The van der Waals surface area contributed by atoms with Gasteiger partial charge in [-0.15, -0.1) is 0 Å². The lowest BCUT2D eigenvalue weighted by atomic mass is 10.1. The van der Waals surface area contributed by atoms with E-state index in [0.717, 1.165) is 23.5 Å². The van der Waals surface area contributed by atoms with Gasteiger partial charge < -0.3 is 16.4 Å². The minimum Gasteiger partial charge on any atom is -0.375 e. The molecule has 4 N–H and O–H groups in total. The number of halogens is 2. The van der Waals surface area contributed by atoms with Crippen LogP contribution in [-0.2, 0) is 0 Å². The molecule has 0 aliphatic rings. The van der Waals surface area contributed by atoms with Crippen LogP contribution in [0.25, 0.3) is 0 Å². The van der Waals surface area contributed by atoms with E-state index in [1.807, 2.05) is 0 Å². The van der Waals surface area contributed by atoms with Gasteiger partial charge in [-0.05, 0) is 42.8 Å². The molecule has 2 amide bonds. The zero-order chi connectivity index (χ0) is 19.6. The molecule has 0 radical (unpaired) electrons. The van der Waals surface area contributed by atoms with Crippen LogP contribution in [0.1, 0.15) is 25.6 Å². The highest BCUT2D eigenvalue weighted by Crippen LogP contribution is 2.23. The molecular weight excluding hydrogens is 374 g/mol. The number of aromatic nitrogens is 1. The van der Waals surface area contributed by atoms with E-state index in [-0.39, 0.29) is 26.9 Å². The van der Waals surface area contributed by atoms with E-state index in [1.54, 1.807) is 6.92 Å². The molecule has 2 aromatic carbocycles. The number of aryl methyl sites for hydroxylation is 1. The summed E-state index contributed by atoms with van der Waals surface area (Å²) in [5.41, 5.74) is 6.10. The Kier molecular flexibility index (Phi) is 5.13. The fourth-order valence-electron chi connectivity index (χ4n) is 2.32. The average molecular weight is 388 g/mol. The first-order valence-electron chi connectivity index (χ1n) is 7.73. The van der Waals surface area contributed by atoms with Crippen molar-refractivity contribution in [2.45, 2.75) is 6.92 Å². The highest BCUT2D eigenvalue weighted by atomic mass is 32.1. The topological polar surface area (TPSA) is 97.1 Å². The Morgan fingerprint density at radius 1 is 1.11 bits per heavy atom. The van der Waals surface area contributed by atoms with Crippen molar-refractivity contribution in [2.75, 3.05) is 16.4 Å². The standard InChI is InChI=1S/C18H14F2N4O2S/c1-9-5-13(20)12(16(25)23-11-4-2-3-10(19)6-11)7-14(9)24-17(26)15-8-22-18(21)27-15/h2-8H,1H3,(H2,21,22)(H,23,25)(H,24,26). The van der Waals surface area contributed by atoms with E-state index in [0.29, 0.717) is 5.56 Å². The van der Waals surface area contributed by atoms with Crippen molar-refractivity contribution in [3.8, 4) is 0 Å². The predicted molar refractivity (Wildman–Crippen MR) is 100.0 cm³/mol. The summed E-state index contributed by atoms with van der Waals surface area (Å²) in [5, 5.41) is 5.27. The largest absolute Gasteiger partial charge is 0.375 e. The molecule has 27 heavy (non-hydrogen) atoms. The van der Waals surface area contributed by atoms with Gasteiger partial charge in [-0.2, -0.15) is 0 Å². The number of amides is 2. The number of anilines is 3. The molecule has 138 valence electrons. The molecule has 3 aromatic rings. The zero-order valence-corrected chi connectivity index (χ0v) is 14.9. The lowest BCUT2D eigenvalue weighted by Crippen LogP contribution is -2.16. The van der Waals surface area contributed by atoms with Gasteiger partial charge in [-0.25, -0.2) is 13.8 Å². The van der Waals surface area contributed by atoms with Crippen LogP contribution in [0, 0.1) is 18.6 Å². The van der Waals surface area contributed by atoms with Crippen molar-refractivity contribution >= 4 is 39.7 Å². The summed E-state index contributed by atoms with van der Waals surface area (Å²) in [6.45, 7) is 1.59. The van der Waals surface area contributed by atoms with Crippen molar-refractivity contribution in [3.05, 3.63) is 70.2 Å². The highest BCUT2D eigenvalue weighted by Gasteiger charge is 2.17. The molecule has 0 aliphatic heterocycles. The maximum Gasteiger partial charge on any atom is 0.267 e. The number of hydrogen-bond donors (Lipinski definition) is 3. The molecule has 0 fully saturated rings. The van der Waals surface area contributed by atoms with Gasteiger partial charge in [-0.1, -0.05) is 17.4 Å². The summed E-state index contributed by atoms with van der Waals surface area (Å²) < 4.78 is 27.5. The molecule has 0 saturated carbocycles. The number of hydrogen-bond acceptors (Lipinski definition) is 5. The predicted octanol–water partition coefficient (Wildman–Crippen LogP) is 3.82. The molecule has 1 heterocycles. The summed E-state index contributed by atoms with van der Waals surface area (Å²) in [5.74, 6) is -2.54. The number of rotatable bonds is 4. The van der Waals surface area contributed by atoms with Crippen LogP contribution < -0.4 is 16.4 Å². The third-order valence-electron chi connectivity index (χ3n) is 3.64. The van der Waals surface area contributed by atoms with Crippen molar-refractivity contribution in [2.24, 2.45) is 0 Å². The first-order valence-corrected chi connectivity index (χ1v) is 8.55. The maximum absolute atomic E-state index is 14.3. The van der Waals surface area contributed by atoms with Crippen LogP contribution in [0.15, 0.2) is 42.6 Å². The molecule has 3 rings (SSSR count). The Morgan fingerprint density at radius 2 is 1.89 bits per heavy atom. The summed E-state index contributed by atoms with van der Waals surface area (Å²) in [6, 6.07) is 7.59. The second-order valence-electron chi connectivity index (χ2n) is 5.63. The molecule has 1 aromatic heterocycles. The summed E-state index contributed by atoms with van der Waals surface area (Å²) in [6.07, 6.45) is 1.33. The minimum atomic E-state index is -0.768. The van der Waals surface area contributed by atoms with Gasteiger partial charge in [0, 0.05) is 11.4 Å². The van der Waals surface area contributed by atoms with E-state index in [2.05, 4.69) is 15.6 Å². The lowest BCUT2D eigenvalue weighted by Gasteiger charge is -2.12. The Hall–Kier alpha value is -3.33. The molecule has 0 bridgehead atoms. The van der Waals surface area contributed by atoms with Crippen molar-refractivity contribution in [1.29, 1.82) is 0 Å². The van der Waals surface area contributed by atoms with Crippen molar-refractivity contribution in [1.82, 2.24) is 4.98 Å². The van der Waals surface area contributed by atoms with Gasteiger partial charge in [0.15, 0.2) is 5.13 Å². The van der Waals surface area contributed by atoms with Gasteiger partial charge in [0.1, 0.15) is 16.5 Å². The number of carbonyl (C=O) groups excluding carboxylic acids is 2. The minimum absolute atomic E-state index is 0.186. The van der Waals surface area contributed by atoms with Crippen LogP contribution in [0.3, 0.4) is 0 Å². The Morgan fingerprint density at radius 3 is 2.56 bits per heavy atom. The molecule has 0 atom stereocenters. The third kappa shape index (κ3) is 4.26. The number of thiazole rings is 1. The monoisotopic (exact) mass is 388 g/mol. The fraction of sp³-hybridized carbons (Fsp3) is 0.0556. The molecule has 6 nitrogen and oxygen atoms in total. The number of benzene rings is 2. The number of carbonyl (C=O) groups is 2. The molecule has 9 heteroatoms. The van der Waals surface area contributed by atoms with Gasteiger partial charge in [0.2, 0.25) is 0 Å². The number of nitrogens with zero attached hydrogens (tertiary/aromatic N) is 1. The fourth-order valence-corrected chi connectivity index (χ4v) is 2.90. The first kappa shape index (κ1) is 18.5. The van der Waals surface area contributed by atoms with Crippen LogP contribution >= 0.6 is 11.3 Å². The average Bonchev–Trinajstić information content (AvgIpc) is 3.03. The Bertz CT molecular complexity index is 1040. The van der Waals surface area contributed by atoms with Crippen LogP contribution in [0.2, 0.25) is 0 Å². The number of nitrogen functional groups attached to an aromatic ring is 1. The van der Waals surface area contributed by atoms with E-state index in [1.165, 1.54) is 30.5 Å². The molecular formula is C18H14F2N4O2S. The van der Waals surface area contributed by atoms with Gasteiger partial charge >= 0.3 is 0 Å². The van der Waals surface area contributed by atoms with Crippen LogP contribution in [0.5, 0.6) is 0 Å². The summed E-state index contributed by atoms with van der Waals surface area (Å²) >= 11 is 1.00. The van der Waals surface area contributed by atoms with Gasteiger partial charge in [-0.3, -0.25) is 9.59 Å². The molecule has 0 spiro atoms. The van der Waals surface area contributed by atoms with Crippen LogP contribution in [-0.4, -0.2) is 16.8 Å². The van der Waals surface area contributed by atoms with Gasteiger partial charge in [0.25, 0.3) is 11.8 Å². The quantitative estimate of drug-likeness (QED) is 0.633. The van der Waals surface area contributed by atoms with Crippen LogP contribution in [0.4, 0.5) is 25.3 Å². The highest BCUT2D eigenvalue weighted by molar-refractivity contribution is 7.17. The number of nitrogens with one attached hydrogen (secondary N) is 2. The Labute approximate surface area is 157 Å². The first-order chi connectivity index (χ1) is 12.8. The Balaban J connectivity index is 1.85. The van der Waals surface area contributed by atoms with E-state index < -0.39 is 23.4 Å². The van der Waals surface area contributed by atoms with E-state index in [4.69, 9.17) is 5.73 Å². The second-order valence-corrected chi connectivity index (χ2v) is 6.69. The maximum atomic E-state index is 14.3. The van der Waals surface area contributed by atoms with Crippen molar-refractivity contribution < 1.29 is 18.4 Å². The summed E-state index contributed by atoms with van der Waals surface area (Å²) in [4.78, 5) is 28.7. The zero-order valence-electron chi connectivity index (χ0n) is 14.0. The molecule has 0 saturated heterocycles. The molecule has 0 unspecified atom stereocenters. The third-order valence-corrected chi connectivity index (χ3v) is 4.46. The van der Waals surface area contributed by atoms with E-state index in [9.17, 15) is 18.4 Å². The second kappa shape index (κ2) is 7.50. The number of nitrogens with two attached hydrogens (primary N) is 1. The van der Waals surface area contributed by atoms with Gasteiger partial charge in [0.05, 0.1) is 11.8 Å². The van der Waals surface area contributed by atoms with Crippen molar-refractivity contribution in [3.63, 3.8) is 0 Å². The van der Waals surface area contributed by atoms with E-state index >= 15 is 0 Å². The molecule has 0 aliphatic carbocycles. The lowest BCUT2D eigenvalue weighted by molar-refractivity contribution is 0.101.